The van der Waals surface area contributed by atoms with Crippen LogP contribution in [0, 0.1) is 13.8 Å². The zero-order valence-electron chi connectivity index (χ0n) is 38.3. The van der Waals surface area contributed by atoms with Crippen molar-refractivity contribution < 1.29 is 57.8 Å². The minimum absolute atomic E-state index is 0.000174. The summed E-state index contributed by atoms with van der Waals surface area (Å²) in [6.45, 7) is 8.23. The first kappa shape index (κ1) is 47.7. The van der Waals surface area contributed by atoms with E-state index in [-0.39, 0.29) is 29.0 Å². The largest absolute Gasteiger partial charge is 0.484 e. The Balaban J connectivity index is 1.00. The third-order valence-corrected chi connectivity index (χ3v) is 14.0. The van der Waals surface area contributed by atoms with Crippen molar-refractivity contribution in [3.63, 3.8) is 0 Å². The van der Waals surface area contributed by atoms with E-state index < -0.39 is 87.1 Å². The van der Waals surface area contributed by atoms with Crippen LogP contribution < -0.4 is 25.8 Å². The van der Waals surface area contributed by atoms with Gasteiger partial charge in [-0.3, -0.25) is 18.5 Å². The standard InChI is InChI=1S/C45H52N11O12P/c1-22-33-37(52-42(46)50-22)55(20-48-33)40-44(5,60)35(58)32(67-40)19-63-69(62,54-24(3)39(59)64-25(4)26-12-8-7-9-13-26)68-30-17-16-29(27-14-10-11-15-28(27)30)65-36-31(18-57)66-41(45(36,6)61)56-21-49-34-23(2)51-43(47)53-38(34)56/h7-17,20-21,24-25,31-32,35-36,40-41,57-58,60-61H,18-19H2,1-6H3,(H,54,62)(H2,46,50,52)(H2,47,51,53). The van der Waals surface area contributed by atoms with Gasteiger partial charge in [0.1, 0.15) is 64.2 Å². The smallest absolute Gasteiger partial charge is 0.459 e. The molecule has 0 aliphatic carbocycles. The summed E-state index contributed by atoms with van der Waals surface area (Å²) >= 11 is 0. The van der Waals surface area contributed by atoms with Crippen LogP contribution in [0.25, 0.3) is 33.1 Å². The molecule has 9 rings (SSSR count). The number of ether oxygens (including phenoxy) is 4. The predicted molar refractivity (Wildman–Crippen MR) is 247 cm³/mol. The van der Waals surface area contributed by atoms with E-state index in [2.05, 4.69) is 35.0 Å². The molecule has 3 aromatic carbocycles. The van der Waals surface area contributed by atoms with Gasteiger partial charge in [-0.1, -0.05) is 54.6 Å². The van der Waals surface area contributed by atoms with Gasteiger partial charge in [-0.2, -0.15) is 15.1 Å². The molecule has 0 spiro atoms. The van der Waals surface area contributed by atoms with Gasteiger partial charge in [-0.05, 0) is 59.2 Å². The van der Waals surface area contributed by atoms with Gasteiger partial charge in [-0.25, -0.2) is 24.5 Å². The molecule has 0 bridgehead atoms. The average Bonchev–Trinajstić information content (AvgIpc) is 4.04. The Labute approximate surface area is 393 Å². The summed E-state index contributed by atoms with van der Waals surface area (Å²) in [6.07, 6.45) is -5.44. The highest BCUT2D eigenvalue weighted by Gasteiger charge is 2.56. The van der Waals surface area contributed by atoms with Crippen LogP contribution in [0.15, 0.2) is 79.4 Å². The van der Waals surface area contributed by atoms with Crippen LogP contribution in [-0.4, -0.2) is 120 Å². The highest BCUT2D eigenvalue weighted by Crippen LogP contribution is 2.50. The minimum Gasteiger partial charge on any atom is -0.484 e. The number of aliphatic hydroxyl groups excluding tert-OH is 2. The summed E-state index contributed by atoms with van der Waals surface area (Å²) in [4.78, 5) is 39.2. The van der Waals surface area contributed by atoms with E-state index in [0.29, 0.717) is 38.8 Å². The molecule has 0 amide bonds. The van der Waals surface area contributed by atoms with E-state index in [9.17, 15) is 25.2 Å². The maximum Gasteiger partial charge on any atom is 0.459 e. The number of nitrogen functional groups attached to an aromatic ring is 2. The van der Waals surface area contributed by atoms with Crippen LogP contribution >= 0.6 is 7.75 Å². The number of benzene rings is 3. The number of nitrogens with one attached hydrogen (secondary N) is 1. The molecule has 11 unspecified atom stereocenters. The Hall–Kier alpha value is -6.40. The van der Waals surface area contributed by atoms with Crippen LogP contribution in [0.3, 0.4) is 0 Å². The molecule has 2 aliphatic heterocycles. The Morgan fingerprint density at radius 3 is 1.94 bits per heavy atom. The lowest BCUT2D eigenvalue weighted by Crippen LogP contribution is -2.48. The van der Waals surface area contributed by atoms with Crippen molar-refractivity contribution in [3.05, 3.63) is 96.3 Å². The molecule has 23 nitrogen and oxygen atoms in total. The van der Waals surface area contributed by atoms with Crippen LogP contribution in [0.4, 0.5) is 11.9 Å². The lowest BCUT2D eigenvalue weighted by atomic mass is 9.96. The molecule has 2 aliphatic rings. The van der Waals surface area contributed by atoms with Crippen molar-refractivity contribution in [2.75, 3.05) is 24.7 Å². The zero-order valence-corrected chi connectivity index (χ0v) is 39.2. The maximum atomic E-state index is 15.2. The van der Waals surface area contributed by atoms with Crippen LogP contribution in [0.2, 0.25) is 0 Å². The van der Waals surface area contributed by atoms with Crippen LogP contribution in [-0.2, 0) is 28.1 Å². The molecule has 24 heteroatoms. The Morgan fingerprint density at radius 2 is 1.35 bits per heavy atom. The number of aromatic nitrogens is 8. The summed E-state index contributed by atoms with van der Waals surface area (Å²) in [7, 11) is -4.71. The third kappa shape index (κ3) is 8.81. The van der Waals surface area contributed by atoms with Crippen molar-refractivity contribution in [1.29, 1.82) is 0 Å². The summed E-state index contributed by atoms with van der Waals surface area (Å²) < 4.78 is 55.0. The fourth-order valence-electron chi connectivity index (χ4n) is 8.76. The molecule has 364 valence electrons. The van der Waals surface area contributed by atoms with E-state index in [1.807, 2.05) is 6.07 Å². The average molecular weight is 970 g/mol. The quantitative estimate of drug-likeness (QED) is 0.0571. The summed E-state index contributed by atoms with van der Waals surface area (Å²) in [5, 5.41) is 49.3. The lowest BCUT2D eigenvalue weighted by molar-refractivity contribution is -0.150. The number of aryl methyl sites for hydroxylation is 2. The Bertz CT molecular complexity index is 3100. The summed E-state index contributed by atoms with van der Waals surface area (Å²) in [5.74, 6) is -0.593. The van der Waals surface area contributed by atoms with Crippen molar-refractivity contribution >= 4 is 58.7 Å². The number of esters is 1. The van der Waals surface area contributed by atoms with Crippen molar-refractivity contribution in [2.45, 2.75) is 102 Å². The fourth-order valence-corrected chi connectivity index (χ4v) is 10.3. The van der Waals surface area contributed by atoms with Gasteiger partial charge in [0.25, 0.3) is 0 Å². The van der Waals surface area contributed by atoms with Gasteiger partial charge in [-0.15, -0.1) is 0 Å². The number of anilines is 2. The van der Waals surface area contributed by atoms with Gasteiger partial charge in [0.15, 0.2) is 29.9 Å². The summed E-state index contributed by atoms with van der Waals surface area (Å²) in [6, 6.07) is 17.5. The number of carbonyl (C=O) groups excluding carboxylic acids is 1. The van der Waals surface area contributed by atoms with E-state index >= 15 is 4.57 Å². The second-order valence-corrected chi connectivity index (χ2v) is 19.2. The zero-order chi connectivity index (χ0) is 49.2. The van der Waals surface area contributed by atoms with Gasteiger partial charge >= 0.3 is 13.7 Å². The molecule has 2 fully saturated rings. The molecule has 11 atom stereocenters. The number of carbonyl (C=O) groups is 1. The second kappa shape index (κ2) is 18.2. The second-order valence-electron chi connectivity index (χ2n) is 17.5. The Kier molecular flexibility index (Phi) is 12.5. The van der Waals surface area contributed by atoms with E-state index in [1.54, 1.807) is 69.3 Å². The number of hydrogen-bond donors (Lipinski definition) is 7. The molecule has 9 N–H and O–H groups in total. The molecular formula is C45H52N11O12P. The van der Waals surface area contributed by atoms with Crippen molar-refractivity contribution in [3.8, 4) is 11.5 Å². The topological polar surface area (TPSA) is 322 Å². The van der Waals surface area contributed by atoms with Crippen LogP contribution in [0.5, 0.6) is 11.5 Å². The lowest BCUT2D eigenvalue weighted by Gasteiger charge is -2.31. The number of nitrogens with two attached hydrogens (primary N) is 2. The number of imidazole rings is 2. The number of fused-ring (bicyclic) bond motifs is 3. The number of rotatable bonds is 15. The first-order valence-electron chi connectivity index (χ1n) is 21.9. The van der Waals surface area contributed by atoms with Gasteiger partial charge in [0.05, 0.1) is 37.3 Å². The van der Waals surface area contributed by atoms with Crippen molar-refractivity contribution in [2.24, 2.45) is 0 Å². The maximum absolute atomic E-state index is 15.2. The van der Waals surface area contributed by atoms with Crippen molar-refractivity contribution in [1.82, 2.24) is 44.1 Å². The SMILES string of the molecule is Cc1nc(N)nc2c1ncn2C1OC(COP(=O)(NC(C)C(=O)OC(C)c2ccccc2)Oc2ccc(OC3C(CO)OC(n4cnc5c(C)nc(N)nc54)C3(C)O)c3ccccc23)C(O)C1(C)O. The number of hydrogen-bond acceptors (Lipinski definition) is 20. The highest BCUT2D eigenvalue weighted by molar-refractivity contribution is 7.52. The third-order valence-electron chi connectivity index (χ3n) is 12.4. The van der Waals surface area contributed by atoms with Gasteiger partial charge in [0.2, 0.25) is 11.9 Å². The molecular weight excluding hydrogens is 918 g/mol. The van der Waals surface area contributed by atoms with E-state index in [1.165, 1.54) is 54.7 Å². The summed E-state index contributed by atoms with van der Waals surface area (Å²) in [5.41, 5.74) is 11.2. The fraction of sp³-hybridized carbons (Fsp3) is 0.400. The molecule has 0 radical (unpaired) electrons. The monoisotopic (exact) mass is 969 g/mol. The number of aliphatic hydroxyl groups is 4. The molecule has 6 heterocycles. The molecule has 69 heavy (non-hydrogen) atoms. The first-order valence-corrected chi connectivity index (χ1v) is 23.5. The molecule has 0 saturated carbocycles. The van der Waals surface area contributed by atoms with Gasteiger partial charge < -0.3 is 55.4 Å². The molecule has 7 aromatic rings. The normalized spacial score (nSPS) is 26.6. The molecule has 2 saturated heterocycles. The van der Waals surface area contributed by atoms with E-state index in [0.717, 1.165) is 5.56 Å². The van der Waals surface area contributed by atoms with Gasteiger partial charge in [0, 0.05) is 10.8 Å². The molecule has 4 aromatic heterocycles. The number of nitrogens with zero attached hydrogens (tertiary/aromatic N) is 8. The minimum atomic E-state index is -4.71. The van der Waals surface area contributed by atoms with E-state index in [4.69, 9.17) is 39.5 Å². The predicted octanol–water partition coefficient (Wildman–Crippen LogP) is 3.48. The van der Waals surface area contributed by atoms with Crippen LogP contribution in [0.1, 0.15) is 63.2 Å². The Morgan fingerprint density at radius 1 is 0.812 bits per heavy atom. The first-order chi connectivity index (χ1) is 32.8. The highest BCUT2D eigenvalue weighted by atomic mass is 31.2.